The fourth-order valence-corrected chi connectivity index (χ4v) is 3.77. The summed E-state index contributed by atoms with van der Waals surface area (Å²) in [5.41, 5.74) is 5.36. The number of carbonyl (C=O) groups excluding carboxylic acids is 2. The lowest BCUT2D eigenvalue weighted by atomic mass is 9.83. The number of hydrogen-bond acceptors (Lipinski definition) is 4. The van der Waals surface area contributed by atoms with E-state index in [4.69, 9.17) is 10.5 Å². The summed E-state index contributed by atoms with van der Waals surface area (Å²) in [6.45, 7) is 2.83. The molecule has 2 aliphatic rings. The Morgan fingerprint density at radius 1 is 0.958 bits per heavy atom. The van der Waals surface area contributed by atoms with E-state index >= 15 is 0 Å². The van der Waals surface area contributed by atoms with Gasteiger partial charge in [-0.15, -0.1) is 0 Å². The lowest BCUT2D eigenvalue weighted by Crippen LogP contribution is -2.58. The molecule has 1 saturated carbocycles. The number of primary amides is 1. The van der Waals surface area contributed by atoms with Gasteiger partial charge in [0.15, 0.2) is 5.60 Å². The molecule has 0 aromatic heterocycles. The number of nitrogens with two attached hydrogens (primary N) is 1. The summed E-state index contributed by atoms with van der Waals surface area (Å²) in [4.78, 5) is 28.4. The molecule has 2 N–H and O–H groups in total. The van der Waals surface area contributed by atoms with Gasteiger partial charge in [-0.05, 0) is 37.8 Å². The number of carbonyl (C=O) groups is 2. The van der Waals surface area contributed by atoms with Gasteiger partial charge in [-0.1, -0.05) is 24.6 Å². The van der Waals surface area contributed by atoms with Crippen LogP contribution in [0.3, 0.4) is 0 Å². The zero-order chi connectivity index (χ0) is 17.0. The molecular formula is C18H25N3O3. The van der Waals surface area contributed by atoms with Crippen molar-refractivity contribution in [3.63, 3.8) is 0 Å². The Bertz CT molecular complexity index is 576. The van der Waals surface area contributed by atoms with Crippen molar-refractivity contribution in [2.75, 3.05) is 31.1 Å². The minimum absolute atomic E-state index is 0.0753. The van der Waals surface area contributed by atoms with E-state index in [0.29, 0.717) is 25.9 Å². The van der Waals surface area contributed by atoms with E-state index in [1.54, 1.807) is 0 Å². The molecule has 0 atom stereocenters. The van der Waals surface area contributed by atoms with Gasteiger partial charge in [0, 0.05) is 31.9 Å². The van der Waals surface area contributed by atoms with Crippen LogP contribution in [0, 0.1) is 0 Å². The number of anilines is 1. The summed E-state index contributed by atoms with van der Waals surface area (Å²) in [5.74, 6) is -0.0753. The smallest absolute Gasteiger partial charge is 0.405 e. The molecule has 1 aromatic rings. The molecular weight excluding hydrogens is 306 g/mol. The lowest BCUT2D eigenvalue weighted by molar-refractivity contribution is -0.155. The van der Waals surface area contributed by atoms with Gasteiger partial charge in [0.2, 0.25) is 0 Å². The Balaban J connectivity index is 1.66. The van der Waals surface area contributed by atoms with Crippen molar-refractivity contribution in [1.82, 2.24) is 4.90 Å². The van der Waals surface area contributed by atoms with Crippen molar-refractivity contribution in [3.8, 4) is 0 Å². The number of amides is 2. The van der Waals surface area contributed by atoms with Crippen molar-refractivity contribution in [2.24, 2.45) is 5.73 Å². The first-order valence-electron chi connectivity index (χ1n) is 8.69. The molecule has 3 rings (SSSR count). The summed E-state index contributed by atoms with van der Waals surface area (Å²) in [7, 11) is 0. The molecule has 0 unspecified atom stereocenters. The van der Waals surface area contributed by atoms with Gasteiger partial charge in [0.05, 0.1) is 0 Å². The van der Waals surface area contributed by atoms with Crippen LogP contribution in [0.15, 0.2) is 30.3 Å². The van der Waals surface area contributed by atoms with E-state index in [-0.39, 0.29) is 5.91 Å². The van der Waals surface area contributed by atoms with Crippen LogP contribution in [0.1, 0.15) is 32.1 Å². The van der Waals surface area contributed by atoms with Crippen LogP contribution in [-0.2, 0) is 9.53 Å². The summed E-state index contributed by atoms with van der Waals surface area (Å²) in [6.07, 6.45) is 3.15. The van der Waals surface area contributed by atoms with Gasteiger partial charge in [0.25, 0.3) is 5.91 Å². The first-order valence-corrected chi connectivity index (χ1v) is 8.69. The predicted octanol–water partition coefficient (Wildman–Crippen LogP) is 2.13. The third-order valence-corrected chi connectivity index (χ3v) is 5.04. The second kappa shape index (κ2) is 7.11. The zero-order valence-corrected chi connectivity index (χ0v) is 13.9. The Kier molecular flexibility index (Phi) is 4.92. The van der Waals surface area contributed by atoms with Crippen LogP contribution in [0.5, 0.6) is 0 Å². The predicted molar refractivity (Wildman–Crippen MR) is 91.7 cm³/mol. The first-order chi connectivity index (χ1) is 11.6. The molecule has 24 heavy (non-hydrogen) atoms. The number of ether oxygens (including phenoxy) is 1. The number of hydrogen-bond donors (Lipinski definition) is 1. The molecule has 6 nitrogen and oxygen atoms in total. The summed E-state index contributed by atoms with van der Waals surface area (Å²) in [5, 5.41) is 0. The maximum absolute atomic E-state index is 13.0. The summed E-state index contributed by atoms with van der Waals surface area (Å²) < 4.78 is 5.34. The highest BCUT2D eigenvalue weighted by Gasteiger charge is 2.45. The number of piperazine rings is 1. The molecule has 2 fully saturated rings. The average molecular weight is 331 g/mol. The molecule has 0 spiro atoms. The summed E-state index contributed by atoms with van der Waals surface area (Å²) in [6, 6.07) is 10.2. The molecule has 130 valence electrons. The van der Waals surface area contributed by atoms with Crippen LogP contribution >= 0.6 is 0 Å². The SMILES string of the molecule is NC(=O)OC1(C(=O)N2CCN(c3ccccc3)CC2)CCCCC1. The maximum atomic E-state index is 13.0. The van der Waals surface area contributed by atoms with E-state index in [2.05, 4.69) is 17.0 Å². The molecule has 1 heterocycles. The quantitative estimate of drug-likeness (QED) is 0.920. The minimum Gasteiger partial charge on any atom is -0.433 e. The fourth-order valence-electron chi connectivity index (χ4n) is 3.77. The van der Waals surface area contributed by atoms with Crippen LogP contribution < -0.4 is 10.6 Å². The number of nitrogens with zero attached hydrogens (tertiary/aromatic N) is 2. The average Bonchev–Trinajstić information content (AvgIpc) is 2.62. The third-order valence-electron chi connectivity index (χ3n) is 5.04. The van der Waals surface area contributed by atoms with E-state index in [0.717, 1.165) is 32.4 Å². The lowest BCUT2D eigenvalue weighted by Gasteiger charge is -2.42. The largest absolute Gasteiger partial charge is 0.433 e. The molecule has 2 amide bonds. The molecule has 0 bridgehead atoms. The van der Waals surface area contributed by atoms with Crippen LogP contribution in [0.2, 0.25) is 0 Å². The molecule has 1 aliphatic carbocycles. The standard InChI is InChI=1S/C18H25N3O3/c19-17(23)24-18(9-5-2-6-10-18)16(22)21-13-11-20(12-14-21)15-7-3-1-4-8-15/h1,3-4,7-8H,2,5-6,9-14H2,(H2,19,23). The minimum atomic E-state index is -1.04. The van der Waals surface area contributed by atoms with E-state index in [9.17, 15) is 9.59 Å². The number of benzene rings is 1. The van der Waals surface area contributed by atoms with Gasteiger partial charge < -0.3 is 20.3 Å². The number of rotatable bonds is 3. The highest BCUT2D eigenvalue weighted by molar-refractivity contribution is 5.88. The Labute approximate surface area is 142 Å². The zero-order valence-electron chi connectivity index (χ0n) is 13.9. The van der Waals surface area contributed by atoms with Gasteiger partial charge in [-0.25, -0.2) is 4.79 Å². The van der Waals surface area contributed by atoms with Gasteiger partial charge >= 0.3 is 6.09 Å². The summed E-state index contributed by atoms with van der Waals surface area (Å²) >= 11 is 0. The maximum Gasteiger partial charge on any atom is 0.405 e. The van der Waals surface area contributed by atoms with Crippen molar-refractivity contribution in [1.29, 1.82) is 0 Å². The normalized spacial score (nSPS) is 20.5. The van der Waals surface area contributed by atoms with Gasteiger partial charge in [-0.2, -0.15) is 0 Å². The topological polar surface area (TPSA) is 75.9 Å². The third kappa shape index (κ3) is 3.47. The Morgan fingerprint density at radius 2 is 1.58 bits per heavy atom. The van der Waals surface area contributed by atoms with Gasteiger partial charge in [0.1, 0.15) is 0 Å². The van der Waals surface area contributed by atoms with Gasteiger partial charge in [-0.3, -0.25) is 4.79 Å². The van der Waals surface area contributed by atoms with Crippen LogP contribution in [0.25, 0.3) is 0 Å². The molecule has 1 aliphatic heterocycles. The molecule has 6 heteroatoms. The molecule has 1 aromatic carbocycles. The van der Waals surface area contributed by atoms with Crippen molar-refractivity contribution in [2.45, 2.75) is 37.7 Å². The Hall–Kier alpha value is -2.24. The van der Waals surface area contributed by atoms with Crippen molar-refractivity contribution in [3.05, 3.63) is 30.3 Å². The Morgan fingerprint density at radius 3 is 2.17 bits per heavy atom. The molecule has 1 saturated heterocycles. The monoisotopic (exact) mass is 331 g/mol. The highest BCUT2D eigenvalue weighted by atomic mass is 16.6. The fraction of sp³-hybridized carbons (Fsp3) is 0.556. The van der Waals surface area contributed by atoms with E-state index < -0.39 is 11.7 Å². The second-order valence-electron chi connectivity index (χ2n) is 6.59. The van der Waals surface area contributed by atoms with E-state index in [1.165, 1.54) is 5.69 Å². The van der Waals surface area contributed by atoms with Crippen molar-refractivity contribution >= 4 is 17.7 Å². The number of para-hydroxylation sites is 1. The van der Waals surface area contributed by atoms with Crippen molar-refractivity contribution < 1.29 is 14.3 Å². The first kappa shape index (κ1) is 16.6. The second-order valence-corrected chi connectivity index (χ2v) is 6.59. The molecule has 0 radical (unpaired) electrons. The van der Waals surface area contributed by atoms with Crippen LogP contribution in [-0.4, -0.2) is 48.7 Å². The highest BCUT2D eigenvalue weighted by Crippen LogP contribution is 2.34. The van der Waals surface area contributed by atoms with Crippen LogP contribution in [0.4, 0.5) is 10.5 Å². The van der Waals surface area contributed by atoms with E-state index in [1.807, 2.05) is 23.1 Å².